The SMILES string of the molecule is CCC1CN(Cc2cccc(Br)c2)C(CC(C)C)CN1. The summed E-state index contributed by atoms with van der Waals surface area (Å²) in [5.74, 6) is 0.755. The van der Waals surface area contributed by atoms with Gasteiger partial charge in [0.25, 0.3) is 0 Å². The quantitative estimate of drug-likeness (QED) is 0.871. The van der Waals surface area contributed by atoms with E-state index in [-0.39, 0.29) is 0 Å². The van der Waals surface area contributed by atoms with Crippen LogP contribution >= 0.6 is 15.9 Å². The van der Waals surface area contributed by atoms with Gasteiger partial charge in [-0.3, -0.25) is 4.90 Å². The zero-order valence-electron chi connectivity index (χ0n) is 12.9. The first-order valence-electron chi connectivity index (χ1n) is 7.80. The fourth-order valence-corrected chi connectivity index (χ4v) is 3.49. The van der Waals surface area contributed by atoms with Gasteiger partial charge in [0, 0.05) is 36.2 Å². The van der Waals surface area contributed by atoms with E-state index in [9.17, 15) is 0 Å². The Morgan fingerprint density at radius 2 is 2.20 bits per heavy atom. The molecule has 0 aromatic heterocycles. The van der Waals surface area contributed by atoms with Gasteiger partial charge >= 0.3 is 0 Å². The molecular weight excluding hydrogens is 312 g/mol. The highest BCUT2D eigenvalue weighted by molar-refractivity contribution is 9.10. The Morgan fingerprint density at radius 3 is 2.85 bits per heavy atom. The van der Waals surface area contributed by atoms with Crippen LogP contribution in [0.2, 0.25) is 0 Å². The number of benzene rings is 1. The summed E-state index contributed by atoms with van der Waals surface area (Å²) < 4.78 is 1.18. The molecule has 2 atom stereocenters. The van der Waals surface area contributed by atoms with Crippen LogP contribution in [0.3, 0.4) is 0 Å². The first-order valence-corrected chi connectivity index (χ1v) is 8.59. The third kappa shape index (κ3) is 4.57. The van der Waals surface area contributed by atoms with Crippen molar-refractivity contribution in [3.63, 3.8) is 0 Å². The molecule has 1 fully saturated rings. The van der Waals surface area contributed by atoms with E-state index in [1.807, 2.05) is 0 Å². The van der Waals surface area contributed by atoms with Gasteiger partial charge in [-0.1, -0.05) is 48.8 Å². The lowest BCUT2D eigenvalue weighted by Gasteiger charge is -2.41. The Labute approximate surface area is 132 Å². The van der Waals surface area contributed by atoms with Crippen molar-refractivity contribution in [3.8, 4) is 0 Å². The molecule has 0 bridgehead atoms. The molecule has 2 rings (SSSR count). The second-order valence-electron chi connectivity index (χ2n) is 6.36. The Kier molecular flexibility index (Phi) is 6.06. The van der Waals surface area contributed by atoms with Gasteiger partial charge < -0.3 is 5.32 Å². The van der Waals surface area contributed by atoms with Crippen LogP contribution in [0.5, 0.6) is 0 Å². The molecule has 2 nitrogen and oxygen atoms in total. The minimum atomic E-state index is 0.644. The molecule has 0 aliphatic carbocycles. The smallest absolute Gasteiger partial charge is 0.0238 e. The molecule has 1 aromatic carbocycles. The predicted octanol–water partition coefficient (Wildman–Crippen LogP) is 4.05. The molecule has 1 aliphatic heterocycles. The van der Waals surface area contributed by atoms with E-state index < -0.39 is 0 Å². The van der Waals surface area contributed by atoms with Crippen LogP contribution < -0.4 is 5.32 Å². The van der Waals surface area contributed by atoms with Gasteiger partial charge in [-0.15, -0.1) is 0 Å². The van der Waals surface area contributed by atoms with Gasteiger partial charge in [0.05, 0.1) is 0 Å². The average molecular weight is 339 g/mol. The van der Waals surface area contributed by atoms with E-state index in [0.29, 0.717) is 12.1 Å². The predicted molar refractivity (Wildman–Crippen MR) is 89.9 cm³/mol. The van der Waals surface area contributed by atoms with E-state index in [2.05, 4.69) is 71.2 Å². The highest BCUT2D eigenvalue weighted by Gasteiger charge is 2.27. The van der Waals surface area contributed by atoms with E-state index in [1.54, 1.807) is 0 Å². The second-order valence-corrected chi connectivity index (χ2v) is 7.27. The Hall–Kier alpha value is -0.380. The van der Waals surface area contributed by atoms with Crippen LogP contribution in [0, 0.1) is 5.92 Å². The minimum absolute atomic E-state index is 0.644. The number of halogens is 1. The molecule has 1 N–H and O–H groups in total. The lowest BCUT2D eigenvalue weighted by atomic mass is 9.97. The second kappa shape index (κ2) is 7.58. The summed E-state index contributed by atoms with van der Waals surface area (Å²) in [6.07, 6.45) is 2.49. The summed E-state index contributed by atoms with van der Waals surface area (Å²) in [5, 5.41) is 3.70. The molecule has 3 heteroatoms. The molecule has 0 saturated carbocycles. The van der Waals surface area contributed by atoms with Crippen LogP contribution in [0.1, 0.15) is 39.2 Å². The molecule has 112 valence electrons. The third-order valence-corrected chi connectivity index (χ3v) is 4.62. The molecular formula is C17H27BrN2. The van der Waals surface area contributed by atoms with Crippen molar-refractivity contribution in [2.75, 3.05) is 13.1 Å². The van der Waals surface area contributed by atoms with Crippen LogP contribution in [-0.4, -0.2) is 30.1 Å². The summed E-state index contributed by atoms with van der Waals surface area (Å²) in [6, 6.07) is 10.0. The third-order valence-electron chi connectivity index (χ3n) is 4.12. The summed E-state index contributed by atoms with van der Waals surface area (Å²) in [7, 11) is 0. The first kappa shape index (κ1) is 16.0. The highest BCUT2D eigenvalue weighted by atomic mass is 79.9. The van der Waals surface area contributed by atoms with Gasteiger partial charge in [-0.2, -0.15) is 0 Å². The fraction of sp³-hybridized carbons (Fsp3) is 0.647. The lowest BCUT2D eigenvalue weighted by molar-refractivity contribution is 0.105. The number of rotatable bonds is 5. The van der Waals surface area contributed by atoms with Crippen molar-refractivity contribution >= 4 is 15.9 Å². The average Bonchev–Trinajstić information content (AvgIpc) is 2.40. The zero-order chi connectivity index (χ0) is 14.5. The Bertz CT molecular complexity index is 419. The minimum Gasteiger partial charge on any atom is -0.311 e. The molecule has 20 heavy (non-hydrogen) atoms. The van der Waals surface area contributed by atoms with Gasteiger partial charge in [0.2, 0.25) is 0 Å². The largest absolute Gasteiger partial charge is 0.311 e. The van der Waals surface area contributed by atoms with Crippen molar-refractivity contribution in [2.45, 2.75) is 52.2 Å². The van der Waals surface area contributed by atoms with Crippen molar-refractivity contribution in [1.82, 2.24) is 10.2 Å². The highest BCUT2D eigenvalue weighted by Crippen LogP contribution is 2.20. The van der Waals surface area contributed by atoms with Crippen LogP contribution in [0.4, 0.5) is 0 Å². The van der Waals surface area contributed by atoms with Crippen molar-refractivity contribution in [1.29, 1.82) is 0 Å². The summed E-state index contributed by atoms with van der Waals surface area (Å²) in [5.41, 5.74) is 1.41. The number of nitrogens with zero attached hydrogens (tertiary/aromatic N) is 1. The van der Waals surface area contributed by atoms with E-state index in [4.69, 9.17) is 0 Å². The number of nitrogens with one attached hydrogen (secondary N) is 1. The van der Waals surface area contributed by atoms with Crippen molar-refractivity contribution < 1.29 is 0 Å². The van der Waals surface area contributed by atoms with E-state index in [0.717, 1.165) is 19.0 Å². The normalized spacial score (nSPS) is 24.2. The molecule has 0 amide bonds. The standard InChI is InChI=1S/C17H27BrN2/c1-4-16-12-20(17(10-19-16)8-13(2)3)11-14-6-5-7-15(18)9-14/h5-7,9,13,16-17,19H,4,8,10-12H2,1-3H3. The molecule has 2 unspecified atom stereocenters. The monoisotopic (exact) mass is 338 g/mol. The number of piperazine rings is 1. The van der Waals surface area contributed by atoms with Crippen LogP contribution in [0.25, 0.3) is 0 Å². The zero-order valence-corrected chi connectivity index (χ0v) is 14.5. The van der Waals surface area contributed by atoms with Gasteiger partial charge in [-0.05, 0) is 36.5 Å². The molecule has 0 radical (unpaired) electrons. The van der Waals surface area contributed by atoms with Gasteiger partial charge in [-0.25, -0.2) is 0 Å². The van der Waals surface area contributed by atoms with E-state index in [1.165, 1.54) is 29.4 Å². The Morgan fingerprint density at radius 1 is 1.40 bits per heavy atom. The summed E-state index contributed by atoms with van der Waals surface area (Å²) in [6.45, 7) is 10.3. The van der Waals surface area contributed by atoms with Crippen LogP contribution in [-0.2, 0) is 6.54 Å². The summed E-state index contributed by atoms with van der Waals surface area (Å²) in [4.78, 5) is 2.67. The van der Waals surface area contributed by atoms with Gasteiger partial charge in [0.15, 0.2) is 0 Å². The molecule has 1 aliphatic rings. The Balaban J connectivity index is 2.06. The van der Waals surface area contributed by atoms with Gasteiger partial charge in [0.1, 0.15) is 0 Å². The maximum Gasteiger partial charge on any atom is 0.0238 e. The topological polar surface area (TPSA) is 15.3 Å². The van der Waals surface area contributed by atoms with E-state index >= 15 is 0 Å². The van der Waals surface area contributed by atoms with Crippen molar-refractivity contribution in [2.24, 2.45) is 5.92 Å². The number of hydrogen-bond acceptors (Lipinski definition) is 2. The van der Waals surface area contributed by atoms with Crippen molar-refractivity contribution in [3.05, 3.63) is 34.3 Å². The summed E-state index contributed by atoms with van der Waals surface area (Å²) >= 11 is 3.58. The van der Waals surface area contributed by atoms with Crippen LogP contribution in [0.15, 0.2) is 28.7 Å². The molecule has 1 aromatic rings. The fourth-order valence-electron chi connectivity index (χ4n) is 3.04. The maximum atomic E-state index is 3.70. The maximum absolute atomic E-state index is 3.70. The molecule has 0 spiro atoms. The first-order chi connectivity index (χ1) is 9.58. The molecule has 1 saturated heterocycles. The lowest BCUT2D eigenvalue weighted by Crippen LogP contribution is -2.56. The molecule has 1 heterocycles. The number of hydrogen-bond donors (Lipinski definition) is 1.